The van der Waals surface area contributed by atoms with Crippen molar-refractivity contribution in [3.05, 3.63) is 41.4 Å². The maximum Gasteiger partial charge on any atom is -1.00 e. The molecule has 0 unspecified atom stereocenters. The van der Waals surface area contributed by atoms with Gasteiger partial charge in [-0.1, -0.05) is 0 Å². The van der Waals surface area contributed by atoms with E-state index in [0.29, 0.717) is 19.5 Å². The van der Waals surface area contributed by atoms with E-state index in [9.17, 15) is 0 Å². The van der Waals surface area contributed by atoms with Crippen LogP contribution in [-0.2, 0) is 41.6 Å². The van der Waals surface area contributed by atoms with Gasteiger partial charge >= 0.3 is 178 Å². The molecule has 0 aromatic heterocycles. The summed E-state index contributed by atoms with van der Waals surface area (Å²) in [5.74, 6) is 2.44. The van der Waals surface area contributed by atoms with Gasteiger partial charge in [0, 0.05) is 0 Å². The predicted molar refractivity (Wildman–Crippen MR) is 109 cm³/mol. The molecule has 0 N–H and O–H groups in total. The van der Waals surface area contributed by atoms with E-state index in [-0.39, 0.29) is 24.8 Å². The van der Waals surface area contributed by atoms with E-state index in [1.807, 2.05) is 0 Å². The molecule has 29 heavy (non-hydrogen) atoms. The van der Waals surface area contributed by atoms with E-state index in [1.165, 1.54) is 11.1 Å². The Labute approximate surface area is 201 Å². The van der Waals surface area contributed by atoms with Crippen molar-refractivity contribution in [1.82, 2.24) is 0 Å². The maximum atomic E-state index is 6.07. The Morgan fingerprint density at radius 1 is 0.793 bits per heavy atom. The summed E-state index contributed by atoms with van der Waals surface area (Å²) in [6, 6.07) is 0. The molecular formula is C20H32Cl2O4Si2Zr. The minimum Gasteiger partial charge on any atom is -1.00 e. The fourth-order valence-electron chi connectivity index (χ4n) is 3.45. The summed E-state index contributed by atoms with van der Waals surface area (Å²) in [4.78, 5) is 0. The number of hydrogen-bond acceptors (Lipinski definition) is 4. The summed E-state index contributed by atoms with van der Waals surface area (Å²) in [6.07, 6.45) is 6.66. The third kappa shape index (κ3) is 7.20. The van der Waals surface area contributed by atoms with Crippen LogP contribution in [0.3, 0.4) is 0 Å². The van der Waals surface area contributed by atoms with E-state index in [1.54, 1.807) is 6.56 Å². The van der Waals surface area contributed by atoms with Crippen LogP contribution in [0.1, 0.15) is 19.8 Å². The molecule has 4 nitrogen and oxygen atoms in total. The van der Waals surface area contributed by atoms with Gasteiger partial charge in [-0.05, 0) is 0 Å². The van der Waals surface area contributed by atoms with Crippen molar-refractivity contribution in [2.75, 3.05) is 13.6 Å². The second kappa shape index (κ2) is 10.8. The van der Waals surface area contributed by atoms with Crippen LogP contribution in [0.25, 0.3) is 0 Å². The second-order valence-corrected chi connectivity index (χ2v) is 21.8. The van der Waals surface area contributed by atoms with Crippen LogP contribution in [0.4, 0.5) is 0 Å². The Bertz CT molecular complexity index is 674. The number of ether oxygens (including phenoxy) is 2. The summed E-state index contributed by atoms with van der Waals surface area (Å²) < 4.78 is 27.3. The van der Waals surface area contributed by atoms with Crippen molar-refractivity contribution >= 4 is 16.6 Å². The van der Waals surface area contributed by atoms with Crippen LogP contribution in [0, 0.1) is 5.92 Å². The molecule has 0 bridgehead atoms. The first-order valence-corrected chi connectivity index (χ1v) is 19.0. The Morgan fingerprint density at radius 2 is 1.17 bits per heavy atom. The van der Waals surface area contributed by atoms with Gasteiger partial charge < -0.3 is 24.8 Å². The molecule has 0 saturated carbocycles. The normalized spacial score (nSPS) is 18.6. The van der Waals surface area contributed by atoms with Crippen molar-refractivity contribution in [2.24, 2.45) is 5.92 Å². The smallest absolute Gasteiger partial charge is 1.00 e. The molecule has 2 aliphatic carbocycles. The van der Waals surface area contributed by atoms with Crippen LogP contribution in [0.15, 0.2) is 41.4 Å². The molecule has 0 atom stereocenters. The standard InChI is InChI=1S/C20H32O4Si2.2ClH.Zr/c1-16(17-10-8-12-19(17)21-14-23-25(2,3)4)18-11-9-13-20(18)22-15-24-26(5,6)7;;;/h12-13,16H,8-9,14-15H2,1-7H3;2*1H;/q;;;+2/p-2. The minimum absolute atomic E-state index is 0. The van der Waals surface area contributed by atoms with Crippen LogP contribution in [-0.4, -0.2) is 30.2 Å². The summed E-state index contributed by atoms with van der Waals surface area (Å²) >= 11 is -0.720. The maximum absolute atomic E-state index is 6.07. The molecule has 0 aromatic carbocycles. The molecular weight excluding hydrogens is 523 g/mol. The van der Waals surface area contributed by atoms with Gasteiger partial charge in [-0.25, -0.2) is 0 Å². The second-order valence-electron chi connectivity index (χ2n) is 9.21. The molecule has 1 heterocycles. The zero-order chi connectivity index (χ0) is 19.8. The molecule has 0 amide bonds. The van der Waals surface area contributed by atoms with E-state index in [4.69, 9.17) is 18.3 Å². The molecule has 0 aromatic rings. The molecule has 0 spiro atoms. The first kappa shape index (κ1) is 27.4. The summed E-state index contributed by atoms with van der Waals surface area (Å²) in [5, 5.41) is 0. The average Bonchev–Trinajstić information content (AvgIpc) is 3.10. The van der Waals surface area contributed by atoms with Gasteiger partial charge in [-0.2, -0.15) is 0 Å². The van der Waals surface area contributed by atoms with Crippen LogP contribution in [0.2, 0.25) is 39.3 Å². The van der Waals surface area contributed by atoms with Crippen molar-refractivity contribution in [1.29, 1.82) is 0 Å². The molecule has 3 aliphatic rings. The van der Waals surface area contributed by atoms with Gasteiger partial charge in [0.2, 0.25) is 0 Å². The fraction of sp³-hybridized carbons (Fsp3) is 0.600. The van der Waals surface area contributed by atoms with E-state index in [2.05, 4.69) is 58.4 Å². The third-order valence-corrected chi connectivity index (χ3v) is 10.5. The van der Waals surface area contributed by atoms with Gasteiger partial charge in [-0.15, -0.1) is 0 Å². The SMILES string of the molecule is CC1C2=[C](CC=C2OCO[Si](C)(C)C)[Zr+2][C]2=C1C(OCO[Si](C)(C)C)=CC2.[Cl-].[Cl-]. The van der Waals surface area contributed by atoms with Gasteiger partial charge in [-0.3, -0.25) is 0 Å². The van der Waals surface area contributed by atoms with Crippen LogP contribution >= 0.6 is 0 Å². The van der Waals surface area contributed by atoms with Crippen molar-refractivity contribution in [2.45, 2.75) is 59.0 Å². The predicted octanol–water partition coefficient (Wildman–Crippen LogP) is -0.539. The molecule has 0 radical (unpaired) electrons. The molecule has 3 rings (SSSR count). The van der Waals surface area contributed by atoms with E-state index >= 15 is 0 Å². The van der Waals surface area contributed by atoms with Crippen molar-refractivity contribution < 1.29 is 66.4 Å². The zero-order valence-corrected chi connectivity index (χ0v) is 24.4. The van der Waals surface area contributed by atoms with Gasteiger partial charge in [0.05, 0.1) is 0 Å². The summed E-state index contributed by atoms with van der Waals surface area (Å²) in [7, 11) is -3.12. The number of halogens is 2. The summed E-state index contributed by atoms with van der Waals surface area (Å²) in [5.41, 5.74) is 2.84. The topological polar surface area (TPSA) is 36.9 Å². The van der Waals surface area contributed by atoms with E-state index in [0.717, 1.165) is 24.4 Å². The number of hydrogen-bond donors (Lipinski definition) is 0. The Kier molecular flexibility index (Phi) is 10.2. The third-order valence-electron chi connectivity index (χ3n) is 4.74. The Hall–Kier alpha value is 0.377. The fourth-order valence-corrected chi connectivity index (χ4v) is 8.51. The monoisotopic (exact) mass is 552 g/mol. The molecule has 9 heteroatoms. The van der Waals surface area contributed by atoms with Gasteiger partial charge in [0.15, 0.2) is 0 Å². The average molecular weight is 555 g/mol. The Morgan fingerprint density at radius 3 is 1.52 bits per heavy atom. The minimum atomic E-state index is -1.56. The quantitative estimate of drug-likeness (QED) is 0.299. The van der Waals surface area contributed by atoms with Gasteiger partial charge in [0.25, 0.3) is 0 Å². The van der Waals surface area contributed by atoms with Gasteiger partial charge in [0.1, 0.15) is 0 Å². The summed E-state index contributed by atoms with van der Waals surface area (Å²) in [6.45, 7) is 16.2. The first-order valence-electron chi connectivity index (χ1n) is 9.73. The number of rotatable bonds is 8. The Balaban J connectivity index is 0.00000210. The first-order chi connectivity index (χ1) is 12.6. The molecule has 162 valence electrons. The zero-order valence-electron chi connectivity index (χ0n) is 18.4. The largest absolute Gasteiger partial charge is 1.00 e. The van der Waals surface area contributed by atoms with Crippen LogP contribution < -0.4 is 24.8 Å². The van der Waals surface area contributed by atoms with Crippen molar-refractivity contribution in [3.8, 4) is 0 Å². The van der Waals surface area contributed by atoms with E-state index < -0.39 is 39.9 Å². The molecule has 0 saturated heterocycles. The molecule has 0 fully saturated rings. The molecule has 1 aliphatic heterocycles. The van der Waals surface area contributed by atoms with Crippen LogP contribution in [0.5, 0.6) is 0 Å². The number of allylic oxidation sites excluding steroid dienone is 6. The van der Waals surface area contributed by atoms with Crippen molar-refractivity contribution in [3.63, 3.8) is 0 Å².